The number of hydrogen-bond acceptors (Lipinski definition) is 4. The van der Waals surface area contributed by atoms with E-state index in [9.17, 15) is 4.79 Å². The van der Waals surface area contributed by atoms with Crippen LogP contribution in [-0.2, 0) is 16.1 Å². The Bertz CT molecular complexity index is 844. The number of benzene rings is 1. The highest BCUT2D eigenvalue weighted by Gasteiger charge is 2.08. The summed E-state index contributed by atoms with van der Waals surface area (Å²) >= 11 is 3.39. The van der Waals surface area contributed by atoms with Crippen molar-refractivity contribution in [2.75, 3.05) is 18.5 Å². The van der Waals surface area contributed by atoms with E-state index >= 15 is 0 Å². The van der Waals surface area contributed by atoms with E-state index in [4.69, 9.17) is 14.2 Å². The summed E-state index contributed by atoms with van der Waals surface area (Å²) in [6.07, 6.45) is 40.6. The van der Waals surface area contributed by atoms with Gasteiger partial charge in [0.15, 0.2) is 0 Å². The lowest BCUT2D eigenvalue weighted by atomic mass is 10.0. The van der Waals surface area contributed by atoms with Gasteiger partial charge >= 0.3 is 5.97 Å². The number of halogens is 1. The summed E-state index contributed by atoms with van der Waals surface area (Å²) in [7, 11) is 0. The second-order valence-corrected chi connectivity index (χ2v) is 15.3. The summed E-state index contributed by atoms with van der Waals surface area (Å²) in [5.74, 6) is 1.47. The SMILES string of the molecule is CCCCCCCCCCCCCCCCCCOc1cc(COC(=O)CCCBr)cc(OCCCCCCCCCCCCCCC)c1. The first-order chi connectivity index (χ1) is 24.2. The van der Waals surface area contributed by atoms with Crippen molar-refractivity contribution in [2.45, 2.75) is 219 Å². The van der Waals surface area contributed by atoms with E-state index in [1.165, 1.54) is 173 Å². The molecule has 0 bridgehead atoms. The molecule has 1 aromatic rings. The number of hydrogen-bond donors (Lipinski definition) is 0. The molecule has 49 heavy (non-hydrogen) atoms. The molecule has 5 heteroatoms. The minimum Gasteiger partial charge on any atom is -0.493 e. The van der Waals surface area contributed by atoms with Gasteiger partial charge in [-0.3, -0.25) is 4.79 Å². The van der Waals surface area contributed by atoms with Gasteiger partial charge in [0, 0.05) is 17.8 Å². The molecule has 286 valence electrons. The van der Waals surface area contributed by atoms with Crippen molar-refractivity contribution in [1.29, 1.82) is 0 Å². The maximum absolute atomic E-state index is 12.1. The molecular formula is C44H79BrO4. The maximum Gasteiger partial charge on any atom is 0.306 e. The van der Waals surface area contributed by atoms with Crippen LogP contribution in [0.2, 0.25) is 0 Å². The topological polar surface area (TPSA) is 44.8 Å². The van der Waals surface area contributed by atoms with Gasteiger partial charge in [0.1, 0.15) is 18.1 Å². The highest BCUT2D eigenvalue weighted by molar-refractivity contribution is 9.09. The molecule has 0 saturated heterocycles. The number of carbonyl (C=O) groups is 1. The first-order valence-corrected chi connectivity index (χ1v) is 22.4. The van der Waals surface area contributed by atoms with Crippen molar-refractivity contribution in [3.05, 3.63) is 23.8 Å². The van der Waals surface area contributed by atoms with Gasteiger partial charge in [-0.25, -0.2) is 0 Å². The van der Waals surface area contributed by atoms with E-state index in [2.05, 4.69) is 29.8 Å². The molecule has 0 amide bonds. The quantitative estimate of drug-likeness (QED) is 0.0383. The Morgan fingerprint density at radius 1 is 0.469 bits per heavy atom. The maximum atomic E-state index is 12.1. The van der Waals surface area contributed by atoms with Crippen molar-refractivity contribution in [1.82, 2.24) is 0 Å². The summed E-state index contributed by atoms with van der Waals surface area (Å²) < 4.78 is 17.9. The highest BCUT2D eigenvalue weighted by atomic mass is 79.9. The van der Waals surface area contributed by atoms with Crippen LogP contribution in [-0.4, -0.2) is 24.5 Å². The van der Waals surface area contributed by atoms with Gasteiger partial charge in [0.05, 0.1) is 13.2 Å². The highest BCUT2D eigenvalue weighted by Crippen LogP contribution is 2.25. The van der Waals surface area contributed by atoms with Crippen LogP contribution in [0.1, 0.15) is 218 Å². The lowest BCUT2D eigenvalue weighted by molar-refractivity contribution is -0.144. The normalized spacial score (nSPS) is 11.2. The number of unbranched alkanes of at least 4 members (excludes halogenated alkanes) is 27. The van der Waals surface area contributed by atoms with E-state index in [0.29, 0.717) is 19.6 Å². The third-order valence-corrected chi connectivity index (χ3v) is 10.2. The zero-order valence-corrected chi connectivity index (χ0v) is 34.1. The minimum atomic E-state index is -0.159. The molecule has 0 radical (unpaired) electrons. The van der Waals surface area contributed by atoms with Crippen LogP contribution in [0.5, 0.6) is 11.5 Å². The van der Waals surface area contributed by atoms with Crippen molar-refractivity contribution >= 4 is 21.9 Å². The van der Waals surface area contributed by atoms with E-state index in [1.54, 1.807) is 0 Å². The zero-order chi connectivity index (χ0) is 35.3. The monoisotopic (exact) mass is 751 g/mol. The van der Waals surface area contributed by atoms with Crippen LogP contribution in [0.15, 0.2) is 18.2 Å². The van der Waals surface area contributed by atoms with E-state index in [-0.39, 0.29) is 12.6 Å². The number of esters is 1. The van der Waals surface area contributed by atoms with Gasteiger partial charge in [-0.2, -0.15) is 0 Å². The van der Waals surface area contributed by atoms with Crippen LogP contribution in [0.4, 0.5) is 0 Å². The van der Waals surface area contributed by atoms with Gasteiger partial charge in [0.2, 0.25) is 0 Å². The van der Waals surface area contributed by atoms with Crippen LogP contribution in [0, 0.1) is 0 Å². The molecule has 1 aromatic carbocycles. The lowest BCUT2D eigenvalue weighted by Crippen LogP contribution is -2.06. The fourth-order valence-electron chi connectivity index (χ4n) is 6.48. The van der Waals surface area contributed by atoms with Crippen molar-refractivity contribution in [3.63, 3.8) is 0 Å². The molecule has 1 rings (SSSR count). The Kier molecular flexibility index (Phi) is 34.2. The number of alkyl halides is 1. The summed E-state index contributed by atoms with van der Waals surface area (Å²) in [4.78, 5) is 12.1. The minimum absolute atomic E-state index is 0.159. The van der Waals surface area contributed by atoms with Crippen molar-refractivity contribution < 1.29 is 19.0 Å². The van der Waals surface area contributed by atoms with Crippen molar-refractivity contribution in [3.8, 4) is 11.5 Å². The van der Waals surface area contributed by atoms with Crippen molar-refractivity contribution in [2.24, 2.45) is 0 Å². The first kappa shape index (κ1) is 45.8. The first-order valence-electron chi connectivity index (χ1n) is 21.3. The average molecular weight is 752 g/mol. The second kappa shape index (κ2) is 36.6. The van der Waals surface area contributed by atoms with Gasteiger partial charge in [-0.1, -0.05) is 203 Å². The third-order valence-electron chi connectivity index (χ3n) is 9.64. The molecule has 0 aromatic heterocycles. The summed E-state index contributed by atoms with van der Waals surface area (Å²) in [5.41, 5.74) is 0.928. The lowest BCUT2D eigenvalue weighted by Gasteiger charge is -2.13. The van der Waals surface area contributed by atoms with Crippen LogP contribution >= 0.6 is 15.9 Å². The number of carbonyl (C=O) groups excluding carboxylic acids is 1. The fourth-order valence-corrected chi connectivity index (χ4v) is 6.76. The molecule has 0 heterocycles. The predicted octanol–water partition coefficient (Wildman–Crippen LogP) is 15.0. The molecule has 0 N–H and O–H groups in total. The fraction of sp³-hybridized carbons (Fsp3) is 0.841. The van der Waals surface area contributed by atoms with E-state index in [0.717, 1.165) is 41.7 Å². The molecule has 4 nitrogen and oxygen atoms in total. The Morgan fingerprint density at radius 3 is 1.12 bits per heavy atom. The molecule has 0 fully saturated rings. The third kappa shape index (κ3) is 31.3. The van der Waals surface area contributed by atoms with E-state index in [1.807, 2.05) is 18.2 Å². The van der Waals surface area contributed by atoms with Gasteiger partial charge in [-0.05, 0) is 37.0 Å². The molecule has 0 unspecified atom stereocenters. The Morgan fingerprint density at radius 2 is 0.796 bits per heavy atom. The van der Waals surface area contributed by atoms with Gasteiger partial charge in [-0.15, -0.1) is 0 Å². The number of ether oxygens (including phenoxy) is 3. The largest absolute Gasteiger partial charge is 0.493 e. The molecule has 0 aliphatic heterocycles. The number of rotatable bonds is 38. The summed E-state index contributed by atoms with van der Waals surface area (Å²) in [5, 5.41) is 0.808. The Balaban J connectivity index is 2.23. The average Bonchev–Trinajstić information content (AvgIpc) is 3.11. The summed E-state index contributed by atoms with van der Waals surface area (Å²) in [6.45, 7) is 6.26. The van der Waals surface area contributed by atoms with Crippen LogP contribution < -0.4 is 9.47 Å². The molecule has 0 spiro atoms. The van der Waals surface area contributed by atoms with Gasteiger partial charge in [0.25, 0.3) is 0 Å². The summed E-state index contributed by atoms with van der Waals surface area (Å²) in [6, 6.07) is 6.01. The molecule has 0 saturated carbocycles. The van der Waals surface area contributed by atoms with Crippen LogP contribution in [0.25, 0.3) is 0 Å². The smallest absolute Gasteiger partial charge is 0.306 e. The molecule has 0 aliphatic carbocycles. The Labute approximate surface area is 313 Å². The molecular weight excluding hydrogens is 672 g/mol. The van der Waals surface area contributed by atoms with E-state index < -0.39 is 0 Å². The second-order valence-electron chi connectivity index (χ2n) is 14.5. The Hall–Kier alpha value is -1.23. The molecule has 0 aliphatic rings. The predicted molar refractivity (Wildman–Crippen MR) is 215 cm³/mol. The van der Waals surface area contributed by atoms with Crippen LogP contribution in [0.3, 0.4) is 0 Å². The zero-order valence-electron chi connectivity index (χ0n) is 32.5. The standard InChI is InChI=1S/C44H79BrO4/c1-3-5-7-9-11-13-15-17-18-19-21-23-25-27-29-31-36-48-43-38-41(40-49-44(46)33-32-34-45)37-42(39-43)47-35-30-28-26-24-22-20-16-14-12-10-8-6-4-2/h37-39H,3-36,40H2,1-2H3. The van der Waals surface area contributed by atoms with Gasteiger partial charge < -0.3 is 14.2 Å². The molecule has 0 atom stereocenters.